The average molecular weight is 501 g/mol. The highest BCUT2D eigenvalue weighted by molar-refractivity contribution is 5.76. The number of alkyl carbamates (subject to hydrolysis) is 1. The van der Waals surface area contributed by atoms with Crippen molar-refractivity contribution >= 4 is 12.0 Å². The Hall–Kier alpha value is -2.12. The lowest BCUT2D eigenvalue weighted by Crippen LogP contribution is -2.61. The number of nitrogens with one attached hydrogen (secondary N) is 2. The Kier molecular flexibility index (Phi) is 8.61. The first kappa shape index (κ1) is 26.9. The molecule has 0 heterocycles. The molecule has 1 unspecified atom stereocenters. The lowest BCUT2D eigenvalue weighted by Gasteiger charge is -2.60. The van der Waals surface area contributed by atoms with E-state index in [1.54, 1.807) is 0 Å². The van der Waals surface area contributed by atoms with Crippen molar-refractivity contribution < 1.29 is 24.5 Å². The van der Waals surface area contributed by atoms with Gasteiger partial charge in [-0.25, -0.2) is 4.79 Å². The molecule has 0 saturated heterocycles. The number of fused-ring (bicyclic) bond motifs is 1. The molecule has 3 aliphatic carbocycles. The molecule has 0 radical (unpaired) electrons. The third-order valence-electron chi connectivity index (χ3n) is 9.59. The van der Waals surface area contributed by atoms with Crippen molar-refractivity contribution in [3.05, 3.63) is 35.9 Å². The number of benzene rings is 1. The SMILES string of the molecule is C[C@]1(CO)C2CC[C@@H](O)[C@@H](CC(=O)NCc3ccccc3)[C@]2(C)CC[C@H]1OC(=O)NC1CCCCC1. The van der Waals surface area contributed by atoms with Crippen LogP contribution < -0.4 is 10.6 Å². The first-order chi connectivity index (χ1) is 17.3. The summed E-state index contributed by atoms with van der Waals surface area (Å²) in [6, 6.07) is 9.97. The number of carbonyl (C=O) groups excluding carboxylic acids is 2. The highest BCUT2D eigenvalue weighted by atomic mass is 16.6. The lowest BCUT2D eigenvalue weighted by atomic mass is 9.46. The number of ether oxygens (including phenoxy) is 1. The zero-order valence-electron chi connectivity index (χ0n) is 21.9. The molecule has 0 bridgehead atoms. The minimum absolute atomic E-state index is 0.0338. The molecule has 0 spiro atoms. The van der Waals surface area contributed by atoms with Crippen LogP contribution in [0.25, 0.3) is 0 Å². The number of rotatable bonds is 7. The Morgan fingerprint density at radius 2 is 1.75 bits per heavy atom. The molecule has 1 aromatic rings. The number of hydrogen-bond acceptors (Lipinski definition) is 5. The van der Waals surface area contributed by atoms with E-state index in [9.17, 15) is 19.8 Å². The number of hydrogen-bond donors (Lipinski definition) is 4. The first-order valence-corrected chi connectivity index (χ1v) is 13.8. The van der Waals surface area contributed by atoms with Gasteiger partial charge in [0.05, 0.1) is 12.7 Å². The molecule has 2 amide bonds. The third-order valence-corrected chi connectivity index (χ3v) is 9.59. The van der Waals surface area contributed by atoms with Crippen LogP contribution >= 0.6 is 0 Å². The Balaban J connectivity index is 1.42. The van der Waals surface area contributed by atoms with Crippen molar-refractivity contribution in [2.45, 2.75) is 103 Å². The van der Waals surface area contributed by atoms with E-state index in [1.807, 2.05) is 37.3 Å². The highest BCUT2D eigenvalue weighted by Gasteiger charge is 2.60. The van der Waals surface area contributed by atoms with E-state index < -0.39 is 17.6 Å². The van der Waals surface area contributed by atoms with Crippen molar-refractivity contribution in [2.75, 3.05) is 6.61 Å². The van der Waals surface area contributed by atoms with Crippen LogP contribution in [0.4, 0.5) is 4.79 Å². The van der Waals surface area contributed by atoms with E-state index in [1.165, 1.54) is 6.42 Å². The average Bonchev–Trinajstić information content (AvgIpc) is 2.88. The topological polar surface area (TPSA) is 108 Å². The molecule has 36 heavy (non-hydrogen) atoms. The van der Waals surface area contributed by atoms with E-state index in [-0.39, 0.29) is 48.3 Å². The van der Waals surface area contributed by atoms with Crippen molar-refractivity contribution in [2.24, 2.45) is 22.7 Å². The second-order valence-corrected chi connectivity index (χ2v) is 11.9. The summed E-state index contributed by atoms with van der Waals surface area (Å²) in [5.41, 5.74) is 0.0746. The fourth-order valence-electron chi connectivity index (χ4n) is 7.43. The second-order valence-electron chi connectivity index (χ2n) is 11.9. The van der Waals surface area contributed by atoms with Crippen molar-refractivity contribution in [3.63, 3.8) is 0 Å². The summed E-state index contributed by atoms with van der Waals surface area (Å²) < 4.78 is 5.97. The molecule has 6 atom stereocenters. The van der Waals surface area contributed by atoms with Crippen LogP contribution in [-0.2, 0) is 16.1 Å². The van der Waals surface area contributed by atoms with Gasteiger partial charge in [0.1, 0.15) is 6.10 Å². The maximum Gasteiger partial charge on any atom is 0.407 e. The summed E-state index contributed by atoms with van der Waals surface area (Å²) in [5, 5.41) is 27.7. The normalized spacial score (nSPS) is 34.9. The molecule has 4 N–H and O–H groups in total. The monoisotopic (exact) mass is 500 g/mol. The Morgan fingerprint density at radius 3 is 2.44 bits per heavy atom. The quantitative estimate of drug-likeness (QED) is 0.446. The van der Waals surface area contributed by atoms with E-state index in [0.717, 1.165) is 44.1 Å². The van der Waals surface area contributed by atoms with Crippen molar-refractivity contribution in [1.82, 2.24) is 10.6 Å². The summed E-state index contributed by atoms with van der Waals surface area (Å²) in [6.07, 6.45) is 7.02. The maximum atomic E-state index is 12.9. The number of aliphatic hydroxyl groups is 2. The van der Waals surface area contributed by atoms with Gasteiger partial charge >= 0.3 is 6.09 Å². The van der Waals surface area contributed by atoms with Gasteiger partial charge in [-0.2, -0.15) is 0 Å². The molecule has 3 saturated carbocycles. The molecule has 7 nitrogen and oxygen atoms in total. The van der Waals surface area contributed by atoms with Gasteiger partial charge < -0.3 is 25.6 Å². The molecule has 200 valence electrons. The smallest absolute Gasteiger partial charge is 0.407 e. The standard InChI is InChI=1S/C29H44N2O5/c1-28-16-15-25(36-27(35)31-21-11-7-4-8-12-21)29(2,19-32)24(28)14-13-23(33)22(28)17-26(34)30-18-20-9-5-3-6-10-20/h3,5-6,9-10,21-25,32-33H,4,7-8,11-19H2,1-2H3,(H,30,34)(H,31,35)/t22-,23-,24?,25-,28+,29+/m1/s1. The summed E-state index contributed by atoms with van der Waals surface area (Å²) in [7, 11) is 0. The first-order valence-electron chi connectivity index (χ1n) is 13.8. The van der Waals surface area contributed by atoms with Crippen LogP contribution in [0.3, 0.4) is 0 Å². The number of amides is 2. The summed E-state index contributed by atoms with van der Waals surface area (Å²) in [6.45, 7) is 4.53. The Labute approximate surface area is 215 Å². The van der Waals surface area contributed by atoms with Gasteiger partial charge in [-0.1, -0.05) is 63.4 Å². The van der Waals surface area contributed by atoms with Crippen LogP contribution in [0.5, 0.6) is 0 Å². The van der Waals surface area contributed by atoms with Crippen LogP contribution in [0.2, 0.25) is 0 Å². The lowest BCUT2D eigenvalue weighted by molar-refractivity contribution is -0.186. The number of aliphatic hydroxyl groups excluding tert-OH is 2. The zero-order chi connectivity index (χ0) is 25.8. The van der Waals surface area contributed by atoms with Crippen molar-refractivity contribution in [3.8, 4) is 0 Å². The largest absolute Gasteiger partial charge is 0.446 e. The number of carbonyl (C=O) groups is 2. The molecule has 1 aromatic carbocycles. The van der Waals surface area contributed by atoms with Crippen molar-refractivity contribution in [1.29, 1.82) is 0 Å². The minimum atomic E-state index is -0.629. The predicted molar refractivity (Wildman–Crippen MR) is 138 cm³/mol. The summed E-state index contributed by atoms with van der Waals surface area (Å²) in [5.74, 6) is -0.248. The van der Waals surface area contributed by atoms with Gasteiger partial charge in [0, 0.05) is 24.4 Å². The zero-order valence-corrected chi connectivity index (χ0v) is 21.9. The second kappa shape index (κ2) is 11.5. The van der Waals surface area contributed by atoms with Gasteiger partial charge in [-0.15, -0.1) is 0 Å². The van der Waals surface area contributed by atoms with Gasteiger partial charge in [-0.05, 0) is 61.3 Å². The van der Waals surface area contributed by atoms with Gasteiger partial charge in [0.25, 0.3) is 0 Å². The molecule has 7 heteroatoms. The molecule has 3 aliphatic rings. The van der Waals surface area contributed by atoms with Crippen LogP contribution in [0.15, 0.2) is 30.3 Å². The fraction of sp³-hybridized carbons (Fsp3) is 0.724. The van der Waals surface area contributed by atoms with E-state index >= 15 is 0 Å². The fourth-order valence-corrected chi connectivity index (χ4v) is 7.43. The van der Waals surface area contributed by atoms with Gasteiger partial charge in [0.15, 0.2) is 0 Å². The molecule has 3 fully saturated rings. The molecule has 0 aromatic heterocycles. The van der Waals surface area contributed by atoms with E-state index in [2.05, 4.69) is 17.6 Å². The van der Waals surface area contributed by atoms with Gasteiger partial charge in [0.2, 0.25) is 5.91 Å². The molecule has 4 rings (SSSR count). The predicted octanol–water partition coefficient (Wildman–Crippen LogP) is 4.31. The third kappa shape index (κ3) is 5.72. The highest BCUT2D eigenvalue weighted by Crippen LogP contribution is 2.61. The van der Waals surface area contributed by atoms with E-state index in [0.29, 0.717) is 19.4 Å². The Morgan fingerprint density at radius 1 is 1.03 bits per heavy atom. The Bertz CT molecular complexity index is 889. The van der Waals surface area contributed by atoms with Crippen LogP contribution in [0, 0.1) is 22.7 Å². The maximum absolute atomic E-state index is 12.9. The summed E-state index contributed by atoms with van der Waals surface area (Å²) >= 11 is 0. The summed E-state index contributed by atoms with van der Waals surface area (Å²) in [4.78, 5) is 25.7. The van der Waals surface area contributed by atoms with Crippen LogP contribution in [0.1, 0.15) is 83.6 Å². The molecule has 0 aliphatic heterocycles. The minimum Gasteiger partial charge on any atom is -0.446 e. The van der Waals surface area contributed by atoms with Crippen LogP contribution in [-0.4, -0.2) is 47.1 Å². The van der Waals surface area contributed by atoms with Gasteiger partial charge in [-0.3, -0.25) is 4.79 Å². The molecular formula is C29H44N2O5. The molecular weight excluding hydrogens is 456 g/mol. The van der Waals surface area contributed by atoms with E-state index in [4.69, 9.17) is 4.74 Å².